The van der Waals surface area contributed by atoms with E-state index in [1.54, 1.807) is 6.07 Å². The maximum absolute atomic E-state index is 12.8. The molecule has 0 unspecified atom stereocenters. The first-order chi connectivity index (χ1) is 8.43. The molecule has 1 aromatic carbocycles. The van der Waals surface area contributed by atoms with Gasteiger partial charge in [-0.2, -0.15) is 13.2 Å². The van der Waals surface area contributed by atoms with Gasteiger partial charge in [0.15, 0.2) is 11.4 Å². The van der Waals surface area contributed by atoms with E-state index in [4.69, 9.17) is 0 Å². The van der Waals surface area contributed by atoms with E-state index in [0.29, 0.717) is 0 Å². The third kappa shape index (κ3) is 2.11. The monoisotopic (exact) mass is 256 g/mol. The summed E-state index contributed by atoms with van der Waals surface area (Å²) in [5.41, 5.74) is -1.90. The molecule has 1 heterocycles. The van der Waals surface area contributed by atoms with Gasteiger partial charge in [-0.1, -0.05) is 12.1 Å². The van der Waals surface area contributed by atoms with E-state index in [9.17, 15) is 18.0 Å². The van der Waals surface area contributed by atoms with Crippen LogP contribution in [-0.4, -0.2) is 23.0 Å². The van der Waals surface area contributed by atoms with Crippen LogP contribution >= 0.6 is 0 Å². The molecule has 4 nitrogen and oxygen atoms in total. The lowest BCUT2D eigenvalue weighted by Crippen LogP contribution is -2.18. The Morgan fingerprint density at radius 2 is 1.72 bits per heavy atom. The van der Waals surface area contributed by atoms with Gasteiger partial charge in [0, 0.05) is 0 Å². The molecular formula is C11H7F3N2O2. The summed E-state index contributed by atoms with van der Waals surface area (Å²) in [6, 6.07) is 5.98. The lowest BCUT2D eigenvalue weighted by molar-refractivity contribution is -0.141. The number of benzene rings is 1. The summed E-state index contributed by atoms with van der Waals surface area (Å²) in [6.45, 7) is 0. The minimum absolute atomic E-state index is 0.0671. The number of methoxy groups -OCH3 is 1. The van der Waals surface area contributed by atoms with E-state index in [1.807, 2.05) is 0 Å². The summed E-state index contributed by atoms with van der Waals surface area (Å²) in [6.07, 6.45) is -4.76. The van der Waals surface area contributed by atoms with E-state index in [2.05, 4.69) is 14.7 Å². The number of carbonyl (C=O) groups is 1. The minimum Gasteiger partial charge on any atom is -0.464 e. The predicted octanol–water partition coefficient (Wildman–Crippen LogP) is 2.44. The number of aromatic nitrogens is 2. The number of hydrogen-bond donors (Lipinski definition) is 0. The minimum atomic E-state index is -4.76. The second-order valence-electron chi connectivity index (χ2n) is 3.40. The first kappa shape index (κ1) is 12.3. The number of alkyl halides is 3. The third-order valence-electron chi connectivity index (χ3n) is 2.22. The normalized spacial score (nSPS) is 11.6. The fourth-order valence-electron chi connectivity index (χ4n) is 1.44. The largest absolute Gasteiger partial charge is 0.464 e. The zero-order valence-electron chi connectivity index (χ0n) is 9.15. The molecule has 0 atom stereocenters. The molecule has 0 aliphatic carbocycles. The maximum atomic E-state index is 12.8. The molecule has 1 aromatic heterocycles. The van der Waals surface area contributed by atoms with Crippen LogP contribution < -0.4 is 0 Å². The maximum Gasteiger partial charge on any atom is 0.435 e. The molecule has 0 N–H and O–H groups in total. The Bertz CT molecular complexity index is 611. The molecule has 0 spiro atoms. The smallest absolute Gasteiger partial charge is 0.435 e. The zero-order valence-corrected chi connectivity index (χ0v) is 9.15. The summed E-state index contributed by atoms with van der Waals surface area (Å²) in [5, 5.41) is 0. The van der Waals surface area contributed by atoms with Gasteiger partial charge in [0.05, 0.1) is 18.1 Å². The van der Waals surface area contributed by atoms with Crippen LogP contribution in [0, 0.1) is 0 Å². The number of halogens is 3. The van der Waals surface area contributed by atoms with Crippen LogP contribution in [0.3, 0.4) is 0 Å². The van der Waals surface area contributed by atoms with E-state index < -0.39 is 23.5 Å². The molecule has 0 bridgehead atoms. The van der Waals surface area contributed by atoms with Gasteiger partial charge in [0.25, 0.3) is 0 Å². The van der Waals surface area contributed by atoms with E-state index in [-0.39, 0.29) is 11.0 Å². The summed E-state index contributed by atoms with van der Waals surface area (Å²) in [5.74, 6) is -1.17. The lowest BCUT2D eigenvalue weighted by atomic mass is 10.2. The van der Waals surface area contributed by atoms with Gasteiger partial charge in [0.1, 0.15) is 0 Å². The van der Waals surface area contributed by atoms with Gasteiger partial charge in [-0.3, -0.25) is 0 Å². The number of carbonyl (C=O) groups excluding carboxylic acids is 1. The third-order valence-corrected chi connectivity index (χ3v) is 2.22. The van der Waals surface area contributed by atoms with Gasteiger partial charge in [-0.25, -0.2) is 14.8 Å². The Morgan fingerprint density at radius 3 is 2.22 bits per heavy atom. The van der Waals surface area contributed by atoms with Crippen LogP contribution in [0.2, 0.25) is 0 Å². The van der Waals surface area contributed by atoms with Crippen molar-refractivity contribution >= 4 is 17.0 Å². The summed E-state index contributed by atoms with van der Waals surface area (Å²) >= 11 is 0. The van der Waals surface area contributed by atoms with Crippen LogP contribution in [-0.2, 0) is 10.9 Å². The topological polar surface area (TPSA) is 52.1 Å². The molecule has 18 heavy (non-hydrogen) atoms. The molecule has 0 saturated carbocycles. The summed E-state index contributed by atoms with van der Waals surface area (Å²) < 4.78 is 42.6. The molecule has 0 fully saturated rings. The molecule has 0 aliphatic heterocycles. The van der Waals surface area contributed by atoms with Crippen LogP contribution in [0.4, 0.5) is 13.2 Å². The molecule has 7 heteroatoms. The van der Waals surface area contributed by atoms with Crippen molar-refractivity contribution in [3.63, 3.8) is 0 Å². The highest BCUT2D eigenvalue weighted by atomic mass is 19.4. The van der Waals surface area contributed by atoms with Crippen molar-refractivity contribution in [1.82, 2.24) is 9.97 Å². The molecule has 0 aliphatic rings. The molecule has 0 saturated heterocycles. The van der Waals surface area contributed by atoms with Crippen LogP contribution in [0.15, 0.2) is 24.3 Å². The highest BCUT2D eigenvalue weighted by Gasteiger charge is 2.39. The van der Waals surface area contributed by atoms with E-state index in [1.165, 1.54) is 18.2 Å². The molecule has 2 rings (SSSR count). The van der Waals surface area contributed by atoms with Crippen LogP contribution in [0.25, 0.3) is 11.0 Å². The number of rotatable bonds is 1. The van der Waals surface area contributed by atoms with Gasteiger partial charge < -0.3 is 4.74 Å². The van der Waals surface area contributed by atoms with Gasteiger partial charge in [0.2, 0.25) is 0 Å². The Labute approximate surface area is 99.4 Å². The fraction of sp³-hybridized carbons (Fsp3) is 0.182. The second kappa shape index (κ2) is 4.25. The standard InChI is InChI=1S/C11H7F3N2O2/c1-18-10(17)8-9(11(12,13)14)16-7-5-3-2-4-6(7)15-8/h2-5H,1H3. The lowest BCUT2D eigenvalue weighted by Gasteiger charge is -2.10. The van der Waals surface area contributed by atoms with Crippen molar-refractivity contribution < 1.29 is 22.7 Å². The van der Waals surface area contributed by atoms with E-state index >= 15 is 0 Å². The molecule has 0 amide bonds. The average Bonchev–Trinajstić information content (AvgIpc) is 2.35. The molecule has 94 valence electrons. The predicted molar refractivity (Wildman–Crippen MR) is 55.9 cm³/mol. The number of ether oxygens (including phenoxy) is 1. The average molecular weight is 256 g/mol. The summed E-state index contributed by atoms with van der Waals surface area (Å²) in [4.78, 5) is 18.4. The highest BCUT2D eigenvalue weighted by molar-refractivity contribution is 5.91. The van der Waals surface area contributed by atoms with Crippen molar-refractivity contribution in [1.29, 1.82) is 0 Å². The summed E-state index contributed by atoms with van der Waals surface area (Å²) in [7, 11) is 0.985. The number of hydrogen-bond acceptors (Lipinski definition) is 4. The van der Waals surface area contributed by atoms with Crippen molar-refractivity contribution in [2.45, 2.75) is 6.18 Å². The zero-order chi connectivity index (χ0) is 13.3. The van der Waals surface area contributed by atoms with Crippen LogP contribution in [0.5, 0.6) is 0 Å². The Morgan fingerprint density at radius 1 is 1.17 bits per heavy atom. The first-order valence-electron chi connectivity index (χ1n) is 4.86. The van der Waals surface area contributed by atoms with Gasteiger partial charge in [-0.05, 0) is 12.1 Å². The van der Waals surface area contributed by atoms with Crippen molar-refractivity contribution in [3.05, 3.63) is 35.7 Å². The van der Waals surface area contributed by atoms with E-state index in [0.717, 1.165) is 7.11 Å². The van der Waals surface area contributed by atoms with Crippen molar-refractivity contribution in [3.8, 4) is 0 Å². The molecule has 2 aromatic rings. The number of nitrogens with zero attached hydrogens (tertiary/aromatic N) is 2. The quantitative estimate of drug-likeness (QED) is 0.735. The number of esters is 1. The van der Waals surface area contributed by atoms with Crippen molar-refractivity contribution in [2.24, 2.45) is 0 Å². The van der Waals surface area contributed by atoms with Gasteiger partial charge >= 0.3 is 12.1 Å². The number of para-hydroxylation sites is 2. The SMILES string of the molecule is COC(=O)c1nc2ccccc2nc1C(F)(F)F. The Kier molecular flexibility index (Phi) is 2.90. The molecular weight excluding hydrogens is 249 g/mol. The van der Waals surface area contributed by atoms with Crippen molar-refractivity contribution in [2.75, 3.05) is 7.11 Å². The fourth-order valence-corrected chi connectivity index (χ4v) is 1.44. The number of fused-ring (bicyclic) bond motifs is 1. The van der Waals surface area contributed by atoms with Crippen LogP contribution in [0.1, 0.15) is 16.2 Å². The van der Waals surface area contributed by atoms with Gasteiger partial charge in [-0.15, -0.1) is 0 Å². The molecule has 0 radical (unpaired) electrons. The Hall–Kier alpha value is -2.18. The highest BCUT2D eigenvalue weighted by Crippen LogP contribution is 2.31. The first-order valence-corrected chi connectivity index (χ1v) is 4.86. The second-order valence-corrected chi connectivity index (χ2v) is 3.40. The Balaban J connectivity index is 2.76.